The molecule has 0 N–H and O–H groups in total. The van der Waals surface area contributed by atoms with Gasteiger partial charge in [0.1, 0.15) is 0 Å². The highest BCUT2D eigenvalue weighted by Gasteiger charge is 2.22. The lowest BCUT2D eigenvalue weighted by atomic mass is 9.77. The first-order valence-electron chi connectivity index (χ1n) is 14.2. The first-order valence-corrected chi connectivity index (χ1v) is 14.2. The van der Waals surface area contributed by atoms with E-state index in [1.807, 2.05) is 0 Å². The van der Waals surface area contributed by atoms with Gasteiger partial charge in [-0.2, -0.15) is 0 Å². The van der Waals surface area contributed by atoms with Crippen molar-refractivity contribution in [1.29, 1.82) is 0 Å². The zero-order valence-electron chi connectivity index (χ0n) is 21.3. The molecular weight excluding hydrogens is 396 g/mol. The van der Waals surface area contributed by atoms with E-state index in [0.717, 1.165) is 17.8 Å². The molecule has 1 fully saturated rings. The van der Waals surface area contributed by atoms with E-state index < -0.39 is 0 Å². The van der Waals surface area contributed by atoms with Crippen molar-refractivity contribution >= 4 is 5.57 Å². The summed E-state index contributed by atoms with van der Waals surface area (Å²) in [4.78, 5) is 0. The molecule has 2 aliphatic carbocycles. The Bertz CT molecular complexity index is 846. The van der Waals surface area contributed by atoms with Crippen LogP contribution >= 0.6 is 0 Å². The third kappa shape index (κ3) is 6.84. The molecule has 0 spiro atoms. The standard InChI is InChI=1S/C33H46/c1-3-5-6-7-9-27-12-16-29(17-13-27)31-20-24-33(25-21-31)32-22-18-30(19-23-32)28-14-10-26(8-4-2)11-15-28/h14,18-27,29H,3-13,15-17H2,1-2H3/t26?,27-,29-. The summed E-state index contributed by atoms with van der Waals surface area (Å²) >= 11 is 0. The molecule has 33 heavy (non-hydrogen) atoms. The van der Waals surface area contributed by atoms with Crippen molar-refractivity contribution in [3.63, 3.8) is 0 Å². The van der Waals surface area contributed by atoms with Gasteiger partial charge < -0.3 is 0 Å². The van der Waals surface area contributed by atoms with Gasteiger partial charge in [-0.3, -0.25) is 0 Å². The van der Waals surface area contributed by atoms with Crippen molar-refractivity contribution in [2.24, 2.45) is 11.8 Å². The van der Waals surface area contributed by atoms with Gasteiger partial charge in [-0.1, -0.05) is 113 Å². The van der Waals surface area contributed by atoms with Crippen molar-refractivity contribution < 1.29 is 0 Å². The molecule has 2 aromatic rings. The Morgan fingerprint density at radius 3 is 1.88 bits per heavy atom. The summed E-state index contributed by atoms with van der Waals surface area (Å²) in [5.74, 6) is 2.69. The van der Waals surface area contributed by atoms with Crippen LogP contribution in [0.15, 0.2) is 54.6 Å². The smallest absolute Gasteiger partial charge is 0.0162 e. The third-order valence-electron chi connectivity index (χ3n) is 8.50. The molecule has 0 heterocycles. The first kappa shape index (κ1) is 24.3. The molecule has 0 amide bonds. The average molecular weight is 443 g/mol. The van der Waals surface area contributed by atoms with Gasteiger partial charge in [0, 0.05) is 0 Å². The van der Waals surface area contributed by atoms with E-state index >= 15 is 0 Å². The molecule has 0 aliphatic heterocycles. The fourth-order valence-corrected chi connectivity index (χ4v) is 6.29. The van der Waals surface area contributed by atoms with E-state index in [-0.39, 0.29) is 0 Å². The van der Waals surface area contributed by atoms with E-state index in [1.165, 1.54) is 107 Å². The first-order chi connectivity index (χ1) is 16.3. The van der Waals surface area contributed by atoms with Crippen LogP contribution < -0.4 is 0 Å². The van der Waals surface area contributed by atoms with E-state index in [2.05, 4.69) is 68.5 Å². The molecule has 0 aromatic heterocycles. The normalized spacial score (nSPS) is 23.3. The lowest BCUT2D eigenvalue weighted by Gasteiger charge is -2.29. The van der Waals surface area contributed by atoms with Crippen LogP contribution in [0.4, 0.5) is 0 Å². The van der Waals surface area contributed by atoms with E-state index in [1.54, 1.807) is 11.1 Å². The highest BCUT2D eigenvalue weighted by atomic mass is 14.3. The van der Waals surface area contributed by atoms with Gasteiger partial charge in [-0.15, -0.1) is 0 Å². The van der Waals surface area contributed by atoms with Gasteiger partial charge in [0.05, 0.1) is 0 Å². The summed E-state index contributed by atoms with van der Waals surface area (Å²) < 4.78 is 0. The van der Waals surface area contributed by atoms with Gasteiger partial charge in [0.15, 0.2) is 0 Å². The summed E-state index contributed by atoms with van der Waals surface area (Å²) in [7, 11) is 0. The van der Waals surface area contributed by atoms with Crippen molar-refractivity contribution in [2.75, 3.05) is 0 Å². The van der Waals surface area contributed by atoms with E-state index in [0.29, 0.717) is 0 Å². The van der Waals surface area contributed by atoms with Crippen molar-refractivity contribution in [3.05, 3.63) is 65.7 Å². The zero-order chi connectivity index (χ0) is 22.9. The van der Waals surface area contributed by atoms with Crippen LogP contribution in [0.2, 0.25) is 0 Å². The van der Waals surface area contributed by atoms with Crippen LogP contribution in [0, 0.1) is 11.8 Å². The molecule has 2 aromatic carbocycles. The van der Waals surface area contributed by atoms with Crippen LogP contribution in [0.3, 0.4) is 0 Å². The van der Waals surface area contributed by atoms with Crippen LogP contribution in [0.1, 0.15) is 121 Å². The monoisotopic (exact) mass is 442 g/mol. The largest absolute Gasteiger partial charge is 0.0804 e. The third-order valence-corrected chi connectivity index (χ3v) is 8.50. The Morgan fingerprint density at radius 2 is 1.27 bits per heavy atom. The zero-order valence-corrected chi connectivity index (χ0v) is 21.3. The average Bonchev–Trinajstić information content (AvgIpc) is 2.88. The molecule has 0 heteroatoms. The molecule has 1 atom stereocenters. The number of hydrogen-bond donors (Lipinski definition) is 0. The number of benzene rings is 2. The maximum Gasteiger partial charge on any atom is -0.0162 e. The SMILES string of the molecule is CCCCCC[C@H]1CC[C@H](c2ccc(-c3ccc(C4=CCC(CCC)CC4)cc3)cc2)CC1. The molecular formula is C33H46. The van der Waals surface area contributed by atoms with E-state index in [9.17, 15) is 0 Å². The minimum absolute atomic E-state index is 0.781. The quantitative estimate of drug-likeness (QED) is 0.321. The van der Waals surface area contributed by atoms with E-state index in [4.69, 9.17) is 0 Å². The predicted octanol–water partition coefficient (Wildman–Crippen LogP) is 10.6. The molecule has 0 nitrogen and oxygen atoms in total. The Morgan fingerprint density at radius 1 is 0.606 bits per heavy atom. The lowest BCUT2D eigenvalue weighted by molar-refractivity contribution is 0.302. The van der Waals surface area contributed by atoms with Gasteiger partial charge in [0.25, 0.3) is 0 Å². The Balaban J connectivity index is 1.29. The number of hydrogen-bond acceptors (Lipinski definition) is 0. The molecule has 2 aliphatic rings. The maximum atomic E-state index is 2.51. The topological polar surface area (TPSA) is 0 Å². The summed E-state index contributed by atoms with van der Waals surface area (Å²) in [5, 5.41) is 0. The second kappa shape index (κ2) is 12.6. The highest BCUT2D eigenvalue weighted by molar-refractivity contribution is 5.71. The maximum absolute atomic E-state index is 2.51. The van der Waals surface area contributed by atoms with Crippen LogP contribution in [0.5, 0.6) is 0 Å². The second-order valence-corrected chi connectivity index (χ2v) is 10.9. The fourth-order valence-electron chi connectivity index (χ4n) is 6.29. The molecule has 1 saturated carbocycles. The highest BCUT2D eigenvalue weighted by Crippen LogP contribution is 2.38. The van der Waals surface area contributed by atoms with Crippen molar-refractivity contribution in [2.45, 2.75) is 110 Å². The summed E-state index contributed by atoms with van der Waals surface area (Å²) in [5.41, 5.74) is 7.26. The Labute approximate surface area is 203 Å². The fraction of sp³-hybridized carbons (Fsp3) is 0.576. The van der Waals surface area contributed by atoms with Crippen molar-refractivity contribution in [1.82, 2.24) is 0 Å². The summed E-state index contributed by atoms with van der Waals surface area (Å²) in [6, 6.07) is 18.9. The molecule has 0 radical (unpaired) electrons. The number of allylic oxidation sites excluding steroid dienone is 2. The molecule has 4 rings (SSSR count). The second-order valence-electron chi connectivity index (χ2n) is 10.9. The van der Waals surface area contributed by atoms with Crippen LogP contribution in [-0.2, 0) is 0 Å². The Hall–Kier alpha value is -1.82. The van der Waals surface area contributed by atoms with Gasteiger partial charge >= 0.3 is 0 Å². The summed E-state index contributed by atoms with van der Waals surface area (Å²) in [6.07, 6.45) is 21.9. The number of rotatable bonds is 10. The van der Waals surface area contributed by atoms with Gasteiger partial charge in [-0.05, 0) is 90.5 Å². The minimum Gasteiger partial charge on any atom is -0.0804 e. The lowest BCUT2D eigenvalue weighted by Crippen LogP contribution is -2.13. The molecule has 0 bridgehead atoms. The summed E-state index contributed by atoms with van der Waals surface area (Å²) in [6.45, 7) is 4.62. The van der Waals surface area contributed by atoms with Gasteiger partial charge in [0.2, 0.25) is 0 Å². The molecule has 1 unspecified atom stereocenters. The number of unbranched alkanes of at least 4 members (excludes halogenated alkanes) is 3. The minimum atomic E-state index is 0.781. The van der Waals surface area contributed by atoms with Gasteiger partial charge in [-0.25, -0.2) is 0 Å². The molecule has 0 saturated heterocycles. The predicted molar refractivity (Wildman–Crippen MR) is 146 cm³/mol. The molecule has 178 valence electrons. The van der Waals surface area contributed by atoms with Crippen LogP contribution in [-0.4, -0.2) is 0 Å². The van der Waals surface area contributed by atoms with Crippen LogP contribution in [0.25, 0.3) is 16.7 Å². The van der Waals surface area contributed by atoms with Crippen molar-refractivity contribution in [3.8, 4) is 11.1 Å². The Kier molecular flexibility index (Phi) is 9.27.